The molecule has 0 spiro atoms. The average Bonchev–Trinajstić information content (AvgIpc) is 3.51. The number of nitrogens with zero attached hydrogens (tertiary/aromatic N) is 4. The third-order valence-electron chi connectivity index (χ3n) is 7.51. The molecule has 35 heavy (non-hydrogen) atoms. The maximum Gasteiger partial charge on any atom is 0.317 e. The molecule has 1 saturated heterocycles. The van der Waals surface area contributed by atoms with Crippen molar-refractivity contribution in [2.24, 2.45) is 11.8 Å². The summed E-state index contributed by atoms with van der Waals surface area (Å²) >= 11 is 5.97. The largest absolute Gasteiger partial charge is 0.508 e. The smallest absolute Gasteiger partial charge is 0.317 e. The van der Waals surface area contributed by atoms with Crippen LogP contribution in [0.25, 0.3) is 5.78 Å². The Kier molecular flexibility index (Phi) is 6.49. The van der Waals surface area contributed by atoms with Crippen LogP contribution in [0.2, 0.25) is 5.02 Å². The van der Waals surface area contributed by atoms with E-state index in [4.69, 9.17) is 16.3 Å². The van der Waals surface area contributed by atoms with Crippen LogP contribution in [0.3, 0.4) is 0 Å². The van der Waals surface area contributed by atoms with Gasteiger partial charge in [0.05, 0.1) is 17.4 Å². The summed E-state index contributed by atoms with van der Waals surface area (Å²) in [7, 11) is 0. The molecule has 2 aliphatic rings. The lowest BCUT2D eigenvalue weighted by atomic mass is 9.73. The molecule has 8 nitrogen and oxygen atoms in total. The summed E-state index contributed by atoms with van der Waals surface area (Å²) < 4.78 is 7.62. The minimum absolute atomic E-state index is 0.0682. The van der Waals surface area contributed by atoms with Crippen molar-refractivity contribution >= 4 is 29.1 Å². The van der Waals surface area contributed by atoms with E-state index in [9.17, 15) is 14.7 Å². The second kappa shape index (κ2) is 9.57. The number of aryl methyl sites for hydroxylation is 2. The SMILES string of the molecule is CCc1ccc(O)c(CCC2(C3CCCC3)CC(=O)C(Cc3nc4ncc(Cl)cn4n3)C(=O)O2)c1. The molecule has 1 aliphatic heterocycles. The lowest BCUT2D eigenvalue weighted by Gasteiger charge is -2.43. The number of aromatic nitrogens is 4. The second-order valence-electron chi connectivity index (χ2n) is 9.73. The van der Waals surface area contributed by atoms with Gasteiger partial charge in [0, 0.05) is 12.8 Å². The van der Waals surface area contributed by atoms with E-state index in [0.717, 1.165) is 43.2 Å². The molecule has 2 unspecified atom stereocenters. The van der Waals surface area contributed by atoms with Gasteiger partial charge in [-0.2, -0.15) is 4.98 Å². The molecule has 5 rings (SSSR count). The topological polar surface area (TPSA) is 107 Å². The second-order valence-corrected chi connectivity index (χ2v) is 10.2. The summed E-state index contributed by atoms with van der Waals surface area (Å²) in [6.45, 7) is 2.07. The van der Waals surface area contributed by atoms with Crippen LogP contribution >= 0.6 is 11.6 Å². The van der Waals surface area contributed by atoms with E-state index in [2.05, 4.69) is 22.0 Å². The van der Waals surface area contributed by atoms with Crippen LogP contribution in [0.4, 0.5) is 0 Å². The number of benzene rings is 1. The molecule has 9 heteroatoms. The number of hydrogen-bond donors (Lipinski definition) is 1. The lowest BCUT2D eigenvalue weighted by Crippen LogP contribution is -2.52. The van der Waals surface area contributed by atoms with Crippen LogP contribution in [-0.2, 0) is 33.6 Å². The van der Waals surface area contributed by atoms with Crippen molar-refractivity contribution in [2.75, 3.05) is 0 Å². The minimum atomic E-state index is -0.936. The highest BCUT2D eigenvalue weighted by Crippen LogP contribution is 2.45. The van der Waals surface area contributed by atoms with Crippen molar-refractivity contribution in [1.82, 2.24) is 19.6 Å². The van der Waals surface area contributed by atoms with Crippen LogP contribution in [0.5, 0.6) is 5.75 Å². The number of ketones is 1. The van der Waals surface area contributed by atoms with Gasteiger partial charge in [0.15, 0.2) is 11.6 Å². The number of fused-ring (bicyclic) bond motifs is 1. The lowest BCUT2D eigenvalue weighted by molar-refractivity contribution is -0.185. The summed E-state index contributed by atoms with van der Waals surface area (Å²) in [5.41, 5.74) is 1.13. The molecule has 1 N–H and O–H groups in total. The number of phenols is 1. The van der Waals surface area contributed by atoms with Crippen LogP contribution in [0, 0.1) is 11.8 Å². The number of Topliss-reactive ketones (excluding diaryl/α,β-unsaturated/α-hetero) is 1. The maximum absolute atomic E-state index is 13.4. The summed E-state index contributed by atoms with van der Waals surface area (Å²) in [5.74, 6) is -0.488. The molecule has 0 amide bonds. The molecule has 184 valence electrons. The Hall–Kier alpha value is -3.00. The monoisotopic (exact) mass is 496 g/mol. The molecule has 1 saturated carbocycles. The first-order valence-electron chi connectivity index (χ1n) is 12.3. The van der Waals surface area contributed by atoms with E-state index in [-0.39, 0.29) is 30.3 Å². The highest BCUT2D eigenvalue weighted by atomic mass is 35.5. The van der Waals surface area contributed by atoms with Gasteiger partial charge in [0.1, 0.15) is 17.3 Å². The number of hydrogen-bond acceptors (Lipinski definition) is 7. The van der Waals surface area contributed by atoms with Gasteiger partial charge in [-0.05, 0) is 55.2 Å². The first kappa shape index (κ1) is 23.7. The van der Waals surface area contributed by atoms with Gasteiger partial charge >= 0.3 is 5.97 Å². The van der Waals surface area contributed by atoms with E-state index in [1.807, 2.05) is 12.1 Å². The number of rotatable bonds is 7. The molecule has 2 atom stereocenters. The number of aromatic hydroxyl groups is 1. The fourth-order valence-electron chi connectivity index (χ4n) is 5.55. The van der Waals surface area contributed by atoms with E-state index in [1.54, 1.807) is 12.3 Å². The van der Waals surface area contributed by atoms with Crippen LogP contribution in [0.1, 0.15) is 62.4 Å². The van der Waals surface area contributed by atoms with Gasteiger partial charge in [-0.15, -0.1) is 5.10 Å². The van der Waals surface area contributed by atoms with Gasteiger partial charge in [-0.25, -0.2) is 9.50 Å². The third kappa shape index (κ3) is 4.76. The number of halogens is 1. The summed E-state index contributed by atoms with van der Waals surface area (Å²) in [6, 6.07) is 5.63. The van der Waals surface area contributed by atoms with Gasteiger partial charge in [0.25, 0.3) is 5.78 Å². The number of carbonyl (C=O) groups excluding carboxylic acids is 2. The number of cyclic esters (lactones) is 1. The van der Waals surface area contributed by atoms with Crippen molar-refractivity contribution < 1.29 is 19.4 Å². The van der Waals surface area contributed by atoms with E-state index >= 15 is 0 Å². The minimum Gasteiger partial charge on any atom is -0.508 e. The Morgan fingerprint density at radius 2 is 2.06 bits per heavy atom. The van der Waals surface area contributed by atoms with E-state index in [0.29, 0.717) is 29.5 Å². The highest BCUT2D eigenvalue weighted by molar-refractivity contribution is 6.30. The maximum atomic E-state index is 13.4. The molecule has 0 radical (unpaired) electrons. The quantitative estimate of drug-likeness (QED) is 0.384. The molecule has 1 aliphatic carbocycles. The molecular formula is C26H29ClN4O4. The molecule has 0 bridgehead atoms. The van der Waals surface area contributed by atoms with Crippen molar-refractivity contribution in [1.29, 1.82) is 0 Å². The van der Waals surface area contributed by atoms with Gasteiger partial charge in [-0.3, -0.25) is 9.59 Å². The highest BCUT2D eigenvalue weighted by Gasteiger charge is 2.51. The Labute approximate surface area is 208 Å². The molecule has 3 heterocycles. The van der Waals surface area contributed by atoms with Crippen molar-refractivity contribution in [3.8, 4) is 5.75 Å². The van der Waals surface area contributed by atoms with Crippen LogP contribution in [-0.4, -0.2) is 42.0 Å². The summed E-state index contributed by atoms with van der Waals surface area (Å²) in [4.78, 5) is 35.1. The van der Waals surface area contributed by atoms with Crippen molar-refractivity contribution in [3.05, 3.63) is 52.6 Å². The fraction of sp³-hybridized carbons (Fsp3) is 0.500. The normalized spacial score (nSPS) is 23.2. The third-order valence-corrected chi connectivity index (χ3v) is 7.71. The number of esters is 1. The Balaban J connectivity index is 1.36. The first-order valence-corrected chi connectivity index (χ1v) is 12.7. The molecular weight excluding hydrogens is 468 g/mol. The number of phenolic OH excluding ortho intramolecular Hbond substituents is 1. The molecule has 1 aromatic carbocycles. The zero-order valence-electron chi connectivity index (χ0n) is 19.7. The van der Waals surface area contributed by atoms with Crippen molar-refractivity contribution in [3.63, 3.8) is 0 Å². The van der Waals surface area contributed by atoms with Gasteiger partial charge in [0.2, 0.25) is 0 Å². The molecule has 2 aromatic heterocycles. The number of ether oxygens (including phenoxy) is 1. The predicted octanol–water partition coefficient (Wildman–Crippen LogP) is 4.28. The van der Waals surface area contributed by atoms with E-state index < -0.39 is 17.5 Å². The van der Waals surface area contributed by atoms with Gasteiger partial charge in [-0.1, -0.05) is 43.5 Å². The standard InChI is InChI=1S/C26H29ClN4O4/c1-2-16-7-8-21(32)17(11-16)9-10-26(18-5-3-4-6-18)13-22(33)20(24(34)35-26)12-23-29-25-28-14-19(27)15-31(25)30-23/h7-8,11,14-15,18,20,32H,2-6,9-10,12-13H2,1H3. The number of carbonyl (C=O) groups is 2. The Morgan fingerprint density at radius 3 is 2.80 bits per heavy atom. The zero-order valence-corrected chi connectivity index (χ0v) is 20.5. The van der Waals surface area contributed by atoms with Gasteiger partial charge < -0.3 is 9.84 Å². The molecule has 3 aromatic rings. The van der Waals surface area contributed by atoms with Crippen molar-refractivity contribution in [2.45, 2.75) is 70.3 Å². The van der Waals surface area contributed by atoms with Crippen LogP contribution in [0.15, 0.2) is 30.6 Å². The molecule has 2 fully saturated rings. The van der Waals surface area contributed by atoms with Crippen LogP contribution < -0.4 is 0 Å². The predicted molar refractivity (Wildman–Crippen MR) is 129 cm³/mol. The summed E-state index contributed by atoms with van der Waals surface area (Å²) in [6.07, 6.45) is 9.23. The Morgan fingerprint density at radius 1 is 1.26 bits per heavy atom. The fourth-order valence-corrected chi connectivity index (χ4v) is 5.70. The average molecular weight is 497 g/mol. The summed E-state index contributed by atoms with van der Waals surface area (Å²) in [5, 5.41) is 15.1. The first-order chi connectivity index (χ1) is 16.9. The Bertz CT molecular complexity index is 1250. The zero-order chi connectivity index (χ0) is 24.6. The van der Waals surface area contributed by atoms with E-state index in [1.165, 1.54) is 10.7 Å².